The number of para-hydroxylation sites is 1. The molecule has 0 spiro atoms. The summed E-state index contributed by atoms with van der Waals surface area (Å²) in [6.45, 7) is -0.0837. The maximum atomic E-state index is 12.8. The van der Waals surface area contributed by atoms with E-state index in [1.807, 2.05) is 60.7 Å². The van der Waals surface area contributed by atoms with Crippen LogP contribution in [0.3, 0.4) is 0 Å². The van der Waals surface area contributed by atoms with Crippen molar-refractivity contribution in [1.82, 2.24) is 9.66 Å². The van der Waals surface area contributed by atoms with E-state index in [1.54, 1.807) is 24.3 Å². The van der Waals surface area contributed by atoms with Crippen LogP contribution >= 0.6 is 0 Å². The van der Waals surface area contributed by atoms with E-state index in [-0.39, 0.29) is 18.7 Å². The highest BCUT2D eigenvalue weighted by Gasteiger charge is 2.29. The smallest absolute Gasteiger partial charge is 0.358 e. The highest BCUT2D eigenvalue weighted by atomic mass is 32.2. The van der Waals surface area contributed by atoms with Crippen LogP contribution in [0.25, 0.3) is 11.3 Å². The number of esters is 1. The molecule has 0 radical (unpaired) electrons. The summed E-state index contributed by atoms with van der Waals surface area (Å²) in [5, 5.41) is 0. The maximum absolute atomic E-state index is 12.8. The number of benzene rings is 3. The fourth-order valence-corrected chi connectivity index (χ4v) is 4.34. The molecule has 9 nitrogen and oxygen atoms in total. The van der Waals surface area contributed by atoms with Crippen molar-refractivity contribution >= 4 is 16.1 Å². The minimum absolute atomic E-state index is 0.0687. The van der Waals surface area contributed by atoms with Crippen LogP contribution in [-0.4, -0.2) is 44.0 Å². The van der Waals surface area contributed by atoms with Crippen molar-refractivity contribution in [1.29, 1.82) is 0 Å². The Labute approximate surface area is 215 Å². The monoisotopic (exact) mass is 521 g/mol. The van der Waals surface area contributed by atoms with Gasteiger partial charge in [0.15, 0.2) is 5.69 Å². The Bertz CT molecular complexity index is 1450. The number of nitrogen functional groups attached to an aromatic ring is 1. The molecule has 0 saturated heterocycles. The summed E-state index contributed by atoms with van der Waals surface area (Å²) in [7, 11) is -2.36. The van der Waals surface area contributed by atoms with Gasteiger partial charge in [-0.05, 0) is 48.4 Å². The third-order valence-electron chi connectivity index (χ3n) is 5.64. The van der Waals surface area contributed by atoms with E-state index in [0.717, 1.165) is 11.8 Å². The average molecular weight is 522 g/mol. The van der Waals surface area contributed by atoms with Gasteiger partial charge in [0.1, 0.15) is 23.0 Å². The van der Waals surface area contributed by atoms with Crippen LogP contribution in [0, 0.1) is 0 Å². The minimum atomic E-state index is -3.63. The Balaban J connectivity index is 1.72. The molecule has 1 atom stereocenters. The zero-order chi connectivity index (χ0) is 26.4. The van der Waals surface area contributed by atoms with Gasteiger partial charge >= 0.3 is 5.97 Å². The molecule has 0 aliphatic carbocycles. The predicted octanol–water partition coefficient (Wildman–Crippen LogP) is 4.34. The van der Waals surface area contributed by atoms with Crippen LogP contribution in [0.15, 0.2) is 84.9 Å². The van der Waals surface area contributed by atoms with Crippen LogP contribution in [0.4, 0.5) is 0 Å². The molecular formula is C27H27N3O6S. The number of imidazole rings is 1. The van der Waals surface area contributed by atoms with Gasteiger partial charge in [0.2, 0.25) is 0 Å². The summed E-state index contributed by atoms with van der Waals surface area (Å²) in [5.41, 5.74) is 1.87. The Morgan fingerprint density at radius 2 is 1.54 bits per heavy atom. The number of hydrogen-bond donors (Lipinski definition) is 1. The number of ether oxygens (including phenoxy) is 2. The molecule has 192 valence electrons. The largest absolute Gasteiger partial charge is 0.464 e. The molecule has 37 heavy (non-hydrogen) atoms. The fraction of sp³-hybridized carbons (Fsp3) is 0.185. The van der Waals surface area contributed by atoms with Crippen LogP contribution < -0.4 is 10.6 Å². The first-order valence-corrected chi connectivity index (χ1v) is 13.3. The Kier molecular flexibility index (Phi) is 7.90. The van der Waals surface area contributed by atoms with Gasteiger partial charge in [-0.2, -0.15) is 8.42 Å². The van der Waals surface area contributed by atoms with E-state index < -0.39 is 22.0 Å². The lowest BCUT2D eigenvalue weighted by Crippen LogP contribution is -2.23. The molecule has 2 N–H and O–H groups in total. The first-order chi connectivity index (χ1) is 17.8. The number of nitrogens with two attached hydrogens (primary N) is 1. The van der Waals surface area contributed by atoms with Crippen molar-refractivity contribution in [2.24, 2.45) is 0 Å². The molecule has 10 heteroatoms. The van der Waals surface area contributed by atoms with E-state index in [4.69, 9.17) is 24.5 Å². The van der Waals surface area contributed by atoms with Crippen molar-refractivity contribution in [3.8, 4) is 22.8 Å². The Hall–Kier alpha value is -4.15. The van der Waals surface area contributed by atoms with Crippen LogP contribution in [0.2, 0.25) is 0 Å². The lowest BCUT2D eigenvalue weighted by atomic mass is 9.95. The predicted molar refractivity (Wildman–Crippen MR) is 139 cm³/mol. The van der Waals surface area contributed by atoms with Gasteiger partial charge < -0.3 is 15.3 Å². The van der Waals surface area contributed by atoms with E-state index in [0.29, 0.717) is 28.6 Å². The standard InChI is InChI=1S/C27H27N3O6S/c1-34-27(31)25-24(20-13-15-22(16-14-20)36-21-11-7-4-8-12-21)29-26(30(25)28)23(17-18-35-37(2,32)33)19-9-5-3-6-10-19/h3-16,23H,17-18,28H2,1-2H3. The minimum Gasteiger partial charge on any atom is -0.464 e. The molecule has 1 aromatic heterocycles. The van der Waals surface area contributed by atoms with Crippen molar-refractivity contribution < 1.29 is 26.9 Å². The summed E-state index contributed by atoms with van der Waals surface area (Å²) < 4.78 is 40.1. The van der Waals surface area contributed by atoms with Gasteiger partial charge in [0.25, 0.3) is 10.1 Å². The van der Waals surface area contributed by atoms with Gasteiger partial charge in [-0.3, -0.25) is 4.18 Å². The zero-order valence-electron chi connectivity index (χ0n) is 20.4. The van der Waals surface area contributed by atoms with E-state index in [2.05, 4.69) is 0 Å². The van der Waals surface area contributed by atoms with Crippen molar-refractivity contribution in [3.63, 3.8) is 0 Å². The lowest BCUT2D eigenvalue weighted by molar-refractivity contribution is 0.0591. The van der Waals surface area contributed by atoms with Gasteiger partial charge in [0.05, 0.1) is 20.0 Å². The second-order valence-electron chi connectivity index (χ2n) is 8.25. The molecule has 0 aliphatic heterocycles. The number of rotatable bonds is 10. The van der Waals surface area contributed by atoms with Crippen LogP contribution in [0.5, 0.6) is 11.5 Å². The first-order valence-electron chi connectivity index (χ1n) is 11.5. The molecule has 4 rings (SSSR count). The molecule has 0 amide bonds. The summed E-state index contributed by atoms with van der Waals surface area (Å²) in [6.07, 6.45) is 1.25. The Morgan fingerprint density at radius 3 is 2.14 bits per heavy atom. The second-order valence-corrected chi connectivity index (χ2v) is 9.89. The molecule has 0 saturated carbocycles. The topological polar surface area (TPSA) is 123 Å². The molecular weight excluding hydrogens is 494 g/mol. The number of aromatic nitrogens is 2. The van der Waals surface area contributed by atoms with Crippen LogP contribution in [0.1, 0.15) is 34.2 Å². The van der Waals surface area contributed by atoms with Gasteiger partial charge in [-0.15, -0.1) is 0 Å². The highest BCUT2D eigenvalue weighted by Crippen LogP contribution is 2.33. The fourth-order valence-electron chi connectivity index (χ4n) is 3.94. The molecule has 0 fully saturated rings. The van der Waals surface area contributed by atoms with Crippen molar-refractivity contribution in [2.75, 3.05) is 25.8 Å². The summed E-state index contributed by atoms with van der Waals surface area (Å²) in [5.74, 6) is 6.98. The van der Waals surface area contributed by atoms with Crippen LogP contribution in [-0.2, 0) is 19.0 Å². The summed E-state index contributed by atoms with van der Waals surface area (Å²) in [4.78, 5) is 17.5. The molecule has 4 aromatic rings. The highest BCUT2D eigenvalue weighted by molar-refractivity contribution is 7.85. The SMILES string of the molecule is COC(=O)c1c(-c2ccc(Oc3ccccc3)cc2)nc(C(CCOS(C)(=O)=O)c2ccccc2)n1N. The van der Waals surface area contributed by atoms with E-state index >= 15 is 0 Å². The van der Waals surface area contributed by atoms with Crippen molar-refractivity contribution in [3.05, 3.63) is 102 Å². The zero-order valence-corrected chi connectivity index (χ0v) is 21.2. The van der Waals surface area contributed by atoms with Gasteiger partial charge in [-0.25, -0.2) is 14.5 Å². The van der Waals surface area contributed by atoms with E-state index in [1.165, 1.54) is 11.8 Å². The number of carbonyl (C=O) groups excluding carboxylic acids is 1. The molecule has 0 bridgehead atoms. The second kappa shape index (κ2) is 11.3. The number of nitrogens with zero attached hydrogens (tertiary/aromatic N) is 2. The summed E-state index contributed by atoms with van der Waals surface area (Å²) >= 11 is 0. The first kappa shape index (κ1) is 25.9. The number of methoxy groups -OCH3 is 1. The third-order valence-corrected chi connectivity index (χ3v) is 6.24. The average Bonchev–Trinajstić information content (AvgIpc) is 3.23. The normalized spacial score (nSPS) is 12.2. The molecule has 1 heterocycles. The van der Waals surface area contributed by atoms with E-state index in [9.17, 15) is 13.2 Å². The number of hydrogen-bond acceptors (Lipinski definition) is 8. The maximum Gasteiger partial charge on any atom is 0.358 e. The molecule has 1 unspecified atom stereocenters. The molecule has 0 aliphatic rings. The third kappa shape index (κ3) is 6.35. The molecule has 3 aromatic carbocycles. The van der Waals surface area contributed by atoms with Gasteiger partial charge in [0, 0.05) is 11.5 Å². The lowest BCUT2D eigenvalue weighted by Gasteiger charge is -2.17. The quantitative estimate of drug-likeness (QED) is 0.186. The summed E-state index contributed by atoms with van der Waals surface area (Å²) in [6, 6.07) is 25.8. The Morgan fingerprint density at radius 1 is 0.946 bits per heavy atom. The van der Waals surface area contributed by atoms with Gasteiger partial charge in [-0.1, -0.05) is 48.5 Å². The number of carbonyl (C=O) groups is 1. The van der Waals surface area contributed by atoms with Crippen molar-refractivity contribution in [2.45, 2.75) is 12.3 Å².